The summed E-state index contributed by atoms with van der Waals surface area (Å²) < 4.78 is 42.0. The van der Waals surface area contributed by atoms with Gasteiger partial charge >= 0.3 is 12.1 Å². The number of thiazole rings is 1. The third-order valence-electron chi connectivity index (χ3n) is 2.30. The number of hydrogen-bond acceptors (Lipinski definition) is 5. The molecule has 0 radical (unpaired) electrons. The summed E-state index contributed by atoms with van der Waals surface area (Å²) in [5.74, 6) is -0.568. The van der Waals surface area contributed by atoms with E-state index in [0.717, 1.165) is 23.6 Å². The van der Waals surface area contributed by atoms with Gasteiger partial charge in [0.2, 0.25) is 0 Å². The van der Waals surface area contributed by atoms with Gasteiger partial charge in [-0.15, -0.1) is 11.3 Å². The lowest BCUT2D eigenvalue weighted by Crippen LogP contribution is -2.05. The van der Waals surface area contributed by atoms with E-state index in [1.54, 1.807) is 6.92 Å². The molecule has 8 heteroatoms. The van der Waals surface area contributed by atoms with Crippen LogP contribution in [0.5, 0.6) is 0 Å². The van der Waals surface area contributed by atoms with Crippen LogP contribution in [0.3, 0.4) is 0 Å². The Hall–Kier alpha value is -1.96. The minimum atomic E-state index is -4.43. The molecular weight excluding hydrogens is 293 g/mol. The average molecular weight is 302 g/mol. The summed E-state index contributed by atoms with van der Waals surface area (Å²) in [6, 6.07) is 2.14. The van der Waals surface area contributed by atoms with Gasteiger partial charge in [-0.2, -0.15) is 13.2 Å². The highest BCUT2D eigenvalue weighted by molar-refractivity contribution is 7.13. The van der Waals surface area contributed by atoms with Crippen LogP contribution in [0.15, 0.2) is 23.7 Å². The van der Waals surface area contributed by atoms with Crippen LogP contribution < -0.4 is 0 Å². The van der Waals surface area contributed by atoms with Crippen LogP contribution in [0.25, 0.3) is 10.7 Å². The maximum absolute atomic E-state index is 12.4. The van der Waals surface area contributed by atoms with Crippen LogP contribution in [0, 0.1) is 0 Å². The Bertz CT molecular complexity index is 608. The van der Waals surface area contributed by atoms with Crippen LogP contribution in [-0.2, 0) is 10.9 Å². The fourth-order valence-corrected chi connectivity index (χ4v) is 2.14. The topological polar surface area (TPSA) is 52.1 Å². The van der Waals surface area contributed by atoms with Crippen molar-refractivity contribution in [2.24, 2.45) is 0 Å². The quantitative estimate of drug-likeness (QED) is 0.815. The summed E-state index contributed by atoms with van der Waals surface area (Å²) in [6.07, 6.45) is -3.69. The number of esters is 1. The number of hydrogen-bond donors (Lipinski definition) is 0. The zero-order valence-corrected chi connectivity index (χ0v) is 11.1. The maximum Gasteiger partial charge on any atom is 0.417 e. The number of carbonyl (C=O) groups is 1. The number of ether oxygens (including phenoxy) is 1. The largest absolute Gasteiger partial charge is 0.461 e. The number of aromatic nitrogens is 2. The normalized spacial score (nSPS) is 11.4. The highest BCUT2D eigenvalue weighted by Gasteiger charge is 2.30. The van der Waals surface area contributed by atoms with Gasteiger partial charge in [-0.05, 0) is 19.1 Å². The lowest BCUT2D eigenvalue weighted by Gasteiger charge is -2.05. The van der Waals surface area contributed by atoms with Gasteiger partial charge in [-0.1, -0.05) is 0 Å². The maximum atomic E-state index is 12.4. The lowest BCUT2D eigenvalue weighted by atomic mass is 10.2. The molecule has 0 aliphatic rings. The molecule has 0 unspecified atom stereocenters. The zero-order valence-electron chi connectivity index (χ0n) is 10.3. The van der Waals surface area contributed by atoms with E-state index in [-0.39, 0.29) is 18.0 Å². The minimum Gasteiger partial charge on any atom is -0.461 e. The van der Waals surface area contributed by atoms with Gasteiger partial charge in [-0.25, -0.2) is 9.78 Å². The molecule has 2 aromatic rings. The Balaban J connectivity index is 2.22. The molecule has 0 aliphatic carbocycles. The molecule has 0 aromatic carbocycles. The van der Waals surface area contributed by atoms with Crippen molar-refractivity contribution < 1.29 is 22.7 Å². The zero-order chi connectivity index (χ0) is 14.8. The average Bonchev–Trinajstić information content (AvgIpc) is 2.88. The van der Waals surface area contributed by atoms with Gasteiger partial charge in [-0.3, -0.25) is 4.98 Å². The first kappa shape index (κ1) is 14.4. The van der Waals surface area contributed by atoms with Crippen molar-refractivity contribution in [2.75, 3.05) is 6.61 Å². The van der Waals surface area contributed by atoms with Crippen LogP contribution in [-0.4, -0.2) is 22.5 Å². The molecule has 0 atom stereocenters. The van der Waals surface area contributed by atoms with Crippen molar-refractivity contribution in [3.63, 3.8) is 0 Å². The third kappa shape index (κ3) is 3.13. The van der Waals surface area contributed by atoms with Crippen molar-refractivity contribution in [1.82, 2.24) is 9.97 Å². The van der Waals surface area contributed by atoms with Crippen LogP contribution in [0.1, 0.15) is 23.0 Å². The summed E-state index contributed by atoms with van der Waals surface area (Å²) >= 11 is 1.11. The van der Waals surface area contributed by atoms with Gasteiger partial charge in [0, 0.05) is 11.6 Å². The highest BCUT2D eigenvalue weighted by atomic mass is 32.1. The van der Waals surface area contributed by atoms with Crippen LogP contribution in [0.4, 0.5) is 13.2 Å². The Morgan fingerprint density at radius 2 is 2.15 bits per heavy atom. The van der Waals surface area contributed by atoms with Crippen LogP contribution in [0.2, 0.25) is 0 Å². The van der Waals surface area contributed by atoms with E-state index in [9.17, 15) is 18.0 Å². The first-order valence-electron chi connectivity index (χ1n) is 5.58. The molecule has 0 fully saturated rings. The van der Waals surface area contributed by atoms with E-state index in [1.165, 1.54) is 11.4 Å². The molecule has 4 nitrogen and oxygen atoms in total. The number of rotatable bonds is 3. The SMILES string of the molecule is CCOC(=O)c1csc(-c2ccc(C(F)(F)F)cn2)n1. The van der Waals surface area contributed by atoms with Crippen molar-refractivity contribution in [3.05, 3.63) is 35.0 Å². The Morgan fingerprint density at radius 1 is 1.40 bits per heavy atom. The Morgan fingerprint density at radius 3 is 2.70 bits per heavy atom. The smallest absolute Gasteiger partial charge is 0.417 e. The minimum absolute atomic E-state index is 0.119. The lowest BCUT2D eigenvalue weighted by molar-refractivity contribution is -0.137. The second-order valence-electron chi connectivity index (χ2n) is 3.69. The van der Waals surface area contributed by atoms with E-state index >= 15 is 0 Å². The molecule has 106 valence electrons. The van der Waals surface area contributed by atoms with E-state index in [2.05, 4.69) is 9.97 Å². The summed E-state index contributed by atoms with van der Waals surface area (Å²) in [5, 5.41) is 1.84. The van der Waals surface area contributed by atoms with Crippen molar-refractivity contribution in [1.29, 1.82) is 0 Å². The fraction of sp³-hybridized carbons (Fsp3) is 0.250. The number of carbonyl (C=O) groups excluding carboxylic acids is 1. The summed E-state index contributed by atoms with van der Waals surface area (Å²) in [6.45, 7) is 1.90. The second-order valence-corrected chi connectivity index (χ2v) is 4.55. The molecule has 0 N–H and O–H groups in total. The van der Waals surface area contributed by atoms with Gasteiger partial charge in [0.25, 0.3) is 0 Å². The Labute approximate surface area is 116 Å². The second kappa shape index (κ2) is 5.58. The molecule has 20 heavy (non-hydrogen) atoms. The fourth-order valence-electron chi connectivity index (χ4n) is 1.38. The summed E-state index contributed by atoms with van der Waals surface area (Å²) in [7, 11) is 0. The van der Waals surface area contributed by atoms with Crippen molar-refractivity contribution in [2.45, 2.75) is 13.1 Å². The number of nitrogens with zero attached hydrogens (tertiary/aromatic N) is 2. The molecule has 2 aromatic heterocycles. The first-order valence-corrected chi connectivity index (χ1v) is 6.46. The number of pyridine rings is 1. The van der Waals surface area contributed by atoms with E-state index in [0.29, 0.717) is 5.01 Å². The molecular formula is C12H9F3N2O2S. The van der Waals surface area contributed by atoms with Crippen molar-refractivity contribution >= 4 is 17.3 Å². The third-order valence-corrected chi connectivity index (χ3v) is 3.16. The standard InChI is InChI=1S/C12H9F3N2O2S/c1-2-19-11(18)9-6-20-10(17-9)8-4-3-7(5-16-8)12(13,14)15/h3-6H,2H2,1H3. The molecule has 0 aliphatic heterocycles. The predicted octanol–water partition coefficient (Wildman–Crippen LogP) is 3.40. The summed E-state index contributed by atoms with van der Waals surface area (Å²) in [5.41, 5.74) is -0.435. The van der Waals surface area contributed by atoms with Gasteiger partial charge < -0.3 is 4.74 Å². The van der Waals surface area contributed by atoms with Gasteiger partial charge in [0.15, 0.2) is 5.69 Å². The molecule has 2 rings (SSSR count). The molecule has 0 bridgehead atoms. The van der Waals surface area contributed by atoms with E-state index < -0.39 is 17.7 Å². The van der Waals surface area contributed by atoms with E-state index in [4.69, 9.17) is 4.74 Å². The molecule has 0 amide bonds. The Kier molecular flexibility index (Phi) is 4.03. The monoisotopic (exact) mass is 302 g/mol. The number of alkyl halides is 3. The predicted molar refractivity (Wildman–Crippen MR) is 66.3 cm³/mol. The molecule has 0 spiro atoms. The first-order chi connectivity index (χ1) is 9.41. The van der Waals surface area contributed by atoms with Crippen molar-refractivity contribution in [3.8, 4) is 10.7 Å². The van der Waals surface area contributed by atoms with Gasteiger partial charge in [0.05, 0.1) is 17.9 Å². The van der Waals surface area contributed by atoms with Crippen LogP contribution >= 0.6 is 11.3 Å². The number of halogens is 3. The highest BCUT2D eigenvalue weighted by Crippen LogP contribution is 2.30. The summed E-state index contributed by atoms with van der Waals surface area (Å²) in [4.78, 5) is 19.1. The molecule has 2 heterocycles. The molecule has 0 saturated carbocycles. The molecule has 0 saturated heterocycles. The van der Waals surface area contributed by atoms with E-state index in [1.807, 2.05) is 0 Å². The van der Waals surface area contributed by atoms with Gasteiger partial charge in [0.1, 0.15) is 5.01 Å².